The second kappa shape index (κ2) is 7.49. The van der Waals surface area contributed by atoms with Crippen LogP contribution in [0, 0.1) is 5.82 Å². The van der Waals surface area contributed by atoms with Gasteiger partial charge in [-0.3, -0.25) is 4.90 Å². The van der Waals surface area contributed by atoms with Gasteiger partial charge in [-0.05, 0) is 81.8 Å². The predicted molar refractivity (Wildman–Crippen MR) is 100 cm³/mol. The van der Waals surface area contributed by atoms with Gasteiger partial charge in [0.25, 0.3) is 0 Å². The summed E-state index contributed by atoms with van der Waals surface area (Å²) in [5, 5.41) is 4.63. The Morgan fingerprint density at radius 1 is 1.15 bits per heavy atom. The van der Waals surface area contributed by atoms with Crippen LogP contribution in [0.15, 0.2) is 30.5 Å². The molecule has 140 valence electrons. The van der Waals surface area contributed by atoms with Gasteiger partial charge in [-0.15, -0.1) is 0 Å². The van der Waals surface area contributed by atoms with Crippen LogP contribution in [0.5, 0.6) is 0 Å². The van der Waals surface area contributed by atoms with Crippen molar-refractivity contribution in [2.45, 2.75) is 57.7 Å². The molecule has 0 saturated carbocycles. The second-order valence-electron chi connectivity index (χ2n) is 7.83. The van der Waals surface area contributed by atoms with Crippen LogP contribution in [0.3, 0.4) is 0 Å². The van der Waals surface area contributed by atoms with Crippen molar-refractivity contribution in [3.8, 4) is 5.69 Å². The number of hydrogen-bond donors (Lipinski definition) is 0. The molecule has 0 N–H and O–H groups in total. The highest BCUT2D eigenvalue weighted by Crippen LogP contribution is 2.35. The van der Waals surface area contributed by atoms with E-state index in [1.165, 1.54) is 42.7 Å². The van der Waals surface area contributed by atoms with Crippen molar-refractivity contribution in [1.82, 2.24) is 14.7 Å². The summed E-state index contributed by atoms with van der Waals surface area (Å²) in [5.74, 6) is 0.364. The lowest BCUT2D eigenvalue weighted by Crippen LogP contribution is -2.45. The van der Waals surface area contributed by atoms with E-state index >= 15 is 0 Å². The maximum absolute atomic E-state index is 13.2. The van der Waals surface area contributed by atoms with Gasteiger partial charge in [-0.1, -0.05) is 0 Å². The normalized spacial score (nSPS) is 26.7. The average molecular weight is 357 g/mol. The van der Waals surface area contributed by atoms with E-state index in [0.717, 1.165) is 31.7 Å². The minimum Gasteiger partial charge on any atom is -0.373 e. The van der Waals surface area contributed by atoms with Crippen LogP contribution in [-0.4, -0.2) is 46.5 Å². The van der Waals surface area contributed by atoms with Crippen molar-refractivity contribution in [3.05, 3.63) is 47.5 Å². The molecule has 4 nitrogen and oxygen atoms in total. The zero-order valence-corrected chi connectivity index (χ0v) is 15.7. The quantitative estimate of drug-likeness (QED) is 0.830. The number of rotatable bonds is 4. The van der Waals surface area contributed by atoms with E-state index in [-0.39, 0.29) is 5.82 Å². The minimum absolute atomic E-state index is 0.207. The Labute approximate surface area is 155 Å². The molecule has 1 fully saturated rings. The zero-order valence-electron chi connectivity index (χ0n) is 15.7. The third-order valence-corrected chi connectivity index (χ3v) is 5.67. The van der Waals surface area contributed by atoms with Crippen LogP contribution < -0.4 is 0 Å². The number of fused-ring (bicyclic) bond motifs is 1. The molecular formula is C21H28FN3O. The molecule has 1 aromatic heterocycles. The summed E-state index contributed by atoms with van der Waals surface area (Å²) in [5.41, 5.74) is 3.63. The van der Waals surface area contributed by atoms with Crippen LogP contribution in [0.4, 0.5) is 4.39 Å². The fourth-order valence-electron chi connectivity index (χ4n) is 4.56. The molecule has 1 aromatic carbocycles. The molecule has 5 heteroatoms. The summed E-state index contributed by atoms with van der Waals surface area (Å²) in [6.45, 7) is 7.49. The Morgan fingerprint density at radius 2 is 1.88 bits per heavy atom. The molecule has 0 bridgehead atoms. The van der Waals surface area contributed by atoms with Crippen LogP contribution >= 0.6 is 0 Å². The number of ether oxygens (including phenoxy) is 1. The Kier molecular flexibility index (Phi) is 5.09. The predicted octanol–water partition coefficient (Wildman–Crippen LogP) is 3.93. The molecule has 3 atom stereocenters. The molecule has 2 aromatic rings. The van der Waals surface area contributed by atoms with Gasteiger partial charge in [0.2, 0.25) is 0 Å². The summed E-state index contributed by atoms with van der Waals surface area (Å²) >= 11 is 0. The van der Waals surface area contributed by atoms with Gasteiger partial charge < -0.3 is 4.74 Å². The van der Waals surface area contributed by atoms with Gasteiger partial charge in [-0.2, -0.15) is 5.10 Å². The van der Waals surface area contributed by atoms with E-state index in [4.69, 9.17) is 4.74 Å². The number of halogens is 1. The van der Waals surface area contributed by atoms with Crippen LogP contribution in [0.25, 0.3) is 5.69 Å². The average Bonchev–Trinajstić information content (AvgIpc) is 3.04. The molecular weight excluding hydrogens is 329 g/mol. The van der Waals surface area contributed by atoms with Crippen LogP contribution in [0.1, 0.15) is 50.3 Å². The molecule has 0 spiro atoms. The van der Waals surface area contributed by atoms with Crippen molar-refractivity contribution in [2.75, 3.05) is 19.6 Å². The third-order valence-electron chi connectivity index (χ3n) is 5.67. The Morgan fingerprint density at radius 3 is 2.62 bits per heavy atom. The van der Waals surface area contributed by atoms with E-state index in [1.54, 1.807) is 0 Å². The number of benzene rings is 1. The smallest absolute Gasteiger partial charge is 0.123 e. The summed E-state index contributed by atoms with van der Waals surface area (Å²) in [6, 6.07) is 6.63. The first kappa shape index (κ1) is 17.7. The largest absolute Gasteiger partial charge is 0.373 e. The fraction of sp³-hybridized carbons (Fsp3) is 0.571. The first-order valence-electron chi connectivity index (χ1n) is 9.80. The fourth-order valence-corrected chi connectivity index (χ4v) is 4.56. The minimum atomic E-state index is -0.207. The standard InChI is InChI=1S/C21H28FN3O/c1-15-13-24(14-16(2)26-15)11-10-17-4-3-5-21-20(17)12-23-25(21)19-8-6-18(22)7-9-19/h6-9,12,15-17H,3-5,10-11,13-14H2,1-2H3. The maximum atomic E-state index is 13.2. The SMILES string of the molecule is CC1CN(CCC2CCCc3c2cnn3-c2ccc(F)cc2)CC(C)O1. The maximum Gasteiger partial charge on any atom is 0.123 e. The zero-order chi connectivity index (χ0) is 18.1. The van der Waals surface area contributed by atoms with Gasteiger partial charge >= 0.3 is 0 Å². The van der Waals surface area contributed by atoms with E-state index in [2.05, 4.69) is 23.8 Å². The first-order chi connectivity index (χ1) is 12.6. The lowest BCUT2D eigenvalue weighted by Gasteiger charge is -2.36. The van der Waals surface area contributed by atoms with Crippen LogP contribution in [0.2, 0.25) is 0 Å². The molecule has 0 radical (unpaired) electrons. The Balaban J connectivity index is 1.47. The summed E-state index contributed by atoms with van der Waals surface area (Å²) < 4.78 is 21.1. The molecule has 4 rings (SSSR count). The van der Waals surface area contributed by atoms with Crippen LogP contribution in [-0.2, 0) is 11.2 Å². The molecule has 2 aliphatic rings. The lowest BCUT2D eigenvalue weighted by molar-refractivity contribution is -0.0685. The van der Waals surface area contributed by atoms with Gasteiger partial charge in [0.05, 0.1) is 24.1 Å². The molecule has 1 aliphatic carbocycles. The van der Waals surface area contributed by atoms with Gasteiger partial charge in [0.15, 0.2) is 0 Å². The Bertz CT molecular complexity index is 732. The topological polar surface area (TPSA) is 30.3 Å². The van der Waals surface area contributed by atoms with Gasteiger partial charge in [0.1, 0.15) is 5.82 Å². The molecule has 26 heavy (non-hydrogen) atoms. The molecule has 1 saturated heterocycles. The highest BCUT2D eigenvalue weighted by atomic mass is 19.1. The van der Waals surface area contributed by atoms with E-state index in [0.29, 0.717) is 18.1 Å². The van der Waals surface area contributed by atoms with E-state index in [1.807, 2.05) is 23.0 Å². The monoisotopic (exact) mass is 357 g/mol. The number of hydrogen-bond acceptors (Lipinski definition) is 3. The molecule has 3 unspecified atom stereocenters. The van der Waals surface area contributed by atoms with Gasteiger partial charge in [0, 0.05) is 18.8 Å². The first-order valence-corrected chi connectivity index (χ1v) is 9.80. The number of nitrogens with zero attached hydrogens (tertiary/aromatic N) is 3. The van der Waals surface area contributed by atoms with Crippen molar-refractivity contribution >= 4 is 0 Å². The highest BCUT2D eigenvalue weighted by Gasteiger charge is 2.27. The lowest BCUT2D eigenvalue weighted by atomic mass is 9.84. The van der Waals surface area contributed by atoms with Crippen molar-refractivity contribution in [3.63, 3.8) is 0 Å². The summed E-state index contributed by atoms with van der Waals surface area (Å²) in [6.07, 6.45) is 7.32. The molecule has 2 heterocycles. The van der Waals surface area contributed by atoms with Crippen molar-refractivity contribution in [2.24, 2.45) is 0 Å². The Hall–Kier alpha value is -1.72. The number of morpholine rings is 1. The summed E-state index contributed by atoms with van der Waals surface area (Å²) in [7, 11) is 0. The highest BCUT2D eigenvalue weighted by molar-refractivity contribution is 5.37. The molecule has 1 aliphatic heterocycles. The van der Waals surface area contributed by atoms with E-state index in [9.17, 15) is 4.39 Å². The summed E-state index contributed by atoms with van der Waals surface area (Å²) in [4.78, 5) is 2.54. The van der Waals surface area contributed by atoms with Gasteiger partial charge in [-0.25, -0.2) is 9.07 Å². The van der Waals surface area contributed by atoms with Crippen molar-refractivity contribution < 1.29 is 9.13 Å². The second-order valence-corrected chi connectivity index (χ2v) is 7.83. The van der Waals surface area contributed by atoms with E-state index < -0.39 is 0 Å². The third kappa shape index (κ3) is 3.69. The van der Waals surface area contributed by atoms with Crippen molar-refractivity contribution in [1.29, 1.82) is 0 Å². The number of aromatic nitrogens is 2. The molecule has 0 amide bonds.